The smallest absolute Gasteiger partial charge is 0.227 e. The van der Waals surface area contributed by atoms with Gasteiger partial charge in [0.2, 0.25) is 5.91 Å². The van der Waals surface area contributed by atoms with Gasteiger partial charge in [-0.2, -0.15) is 0 Å². The van der Waals surface area contributed by atoms with Crippen LogP contribution in [-0.2, 0) is 17.9 Å². The van der Waals surface area contributed by atoms with Crippen molar-refractivity contribution in [1.82, 2.24) is 9.47 Å². The van der Waals surface area contributed by atoms with Gasteiger partial charge in [0.05, 0.1) is 0 Å². The lowest BCUT2D eigenvalue weighted by molar-refractivity contribution is -0.121. The fourth-order valence-electron chi connectivity index (χ4n) is 4.93. The Hall–Kier alpha value is -3.44. The molecule has 3 aromatic carbocycles. The number of hydrogen-bond acceptors (Lipinski definition) is 2. The van der Waals surface area contributed by atoms with E-state index in [2.05, 4.69) is 39.0 Å². The van der Waals surface area contributed by atoms with Crippen molar-refractivity contribution in [2.45, 2.75) is 32.9 Å². The fourth-order valence-corrected chi connectivity index (χ4v) is 4.93. The molecule has 1 fully saturated rings. The molecule has 1 amide bonds. The second-order valence-electron chi connectivity index (χ2n) is 9.27. The van der Waals surface area contributed by atoms with Gasteiger partial charge in [-0.1, -0.05) is 48.5 Å². The van der Waals surface area contributed by atoms with Gasteiger partial charge in [-0.05, 0) is 79.7 Å². The molecule has 1 aliphatic heterocycles. The Balaban J connectivity index is 1.27. The van der Waals surface area contributed by atoms with E-state index in [1.807, 2.05) is 43.3 Å². The van der Waals surface area contributed by atoms with Gasteiger partial charge < -0.3 is 9.88 Å². The van der Waals surface area contributed by atoms with Gasteiger partial charge in [-0.25, -0.2) is 4.39 Å². The molecule has 0 bridgehead atoms. The second kappa shape index (κ2) is 9.82. The number of rotatable bonds is 6. The Labute approximate surface area is 200 Å². The number of carbonyl (C=O) groups is 1. The van der Waals surface area contributed by atoms with Crippen molar-refractivity contribution < 1.29 is 9.18 Å². The van der Waals surface area contributed by atoms with E-state index in [0.29, 0.717) is 6.54 Å². The number of amides is 1. The summed E-state index contributed by atoms with van der Waals surface area (Å²) in [7, 11) is 0. The molecule has 0 saturated carbocycles. The molecule has 4 nitrogen and oxygen atoms in total. The van der Waals surface area contributed by atoms with Crippen LogP contribution in [0.4, 0.5) is 10.1 Å². The van der Waals surface area contributed by atoms with Crippen molar-refractivity contribution in [3.63, 3.8) is 0 Å². The zero-order chi connectivity index (χ0) is 23.5. The van der Waals surface area contributed by atoms with Gasteiger partial charge in [-0.15, -0.1) is 0 Å². The maximum Gasteiger partial charge on any atom is 0.227 e. The first-order valence-electron chi connectivity index (χ1n) is 12.0. The van der Waals surface area contributed by atoms with Crippen molar-refractivity contribution in [1.29, 1.82) is 0 Å². The standard InChI is InChI=1S/C29H30FN3O/c1-21-7-2-4-11-27(21)31-29(34)23-13-15-32(16-14-23)20-26-18-24-9-3-5-12-28(24)33(26)19-22-8-6-10-25(30)17-22/h2-12,17-18,23H,13-16,19-20H2,1H3,(H,31,34). The quantitative estimate of drug-likeness (QED) is 0.388. The topological polar surface area (TPSA) is 37.3 Å². The molecular weight excluding hydrogens is 425 g/mol. The molecule has 1 saturated heterocycles. The molecule has 0 unspecified atom stereocenters. The Kier molecular flexibility index (Phi) is 6.45. The average molecular weight is 456 g/mol. The predicted molar refractivity (Wildman–Crippen MR) is 135 cm³/mol. The first-order chi connectivity index (χ1) is 16.6. The van der Waals surface area contributed by atoms with Gasteiger partial charge in [0.1, 0.15) is 5.82 Å². The van der Waals surface area contributed by atoms with E-state index < -0.39 is 0 Å². The number of benzene rings is 3. The molecular formula is C29H30FN3O. The van der Waals surface area contributed by atoms with E-state index in [9.17, 15) is 9.18 Å². The number of aryl methyl sites for hydroxylation is 1. The predicted octanol–water partition coefficient (Wildman–Crippen LogP) is 5.99. The zero-order valence-corrected chi connectivity index (χ0v) is 19.5. The lowest BCUT2D eigenvalue weighted by Gasteiger charge is -2.31. The van der Waals surface area contributed by atoms with Gasteiger partial charge in [0.15, 0.2) is 0 Å². The Morgan fingerprint density at radius 2 is 1.71 bits per heavy atom. The Morgan fingerprint density at radius 3 is 2.50 bits per heavy atom. The number of piperidine rings is 1. The molecule has 1 aliphatic rings. The number of fused-ring (bicyclic) bond motifs is 1. The Bertz CT molecular complexity index is 1300. The normalized spacial score (nSPS) is 15.0. The maximum atomic E-state index is 13.8. The minimum absolute atomic E-state index is 0.0361. The highest BCUT2D eigenvalue weighted by Crippen LogP contribution is 2.26. The molecule has 0 aliphatic carbocycles. The summed E-state index contributed by atoms with van der Waals surface area (Å²) in [5.74, 6) is -0.0512. The van der Waals surface area contributed by atoms with E-state index in [-0.39, 0.29) is 17.6 Å². The number of anilines is 1. The largest absolute Gasteiger partial charge is 0.339 e. The van der Waals surface area contributed by atoms with E-state index >= 15 is 0 Å². The monoisotopic (exact) mass is 455 g/mol. The van der Waals surface area contributed by atoms with Gasteiger partial charge in [0.25, 0.3) is 0 Å². The number of likely N-dealkylation sites (tertiary alicyclic amines) is 1. The summed E-state index contributed by atoms with van der Waals surface area (Å²) in [6.07, 6.45) is 1.70. The summed E-state index contributed by atoms with van der Waals surface area (Å²) >= 11 is 0. The number of para-hydroxylation sites is 2. The lowest BCUT2D eigenvalue weighted by Crippen LogP contribution is -2.38. The molecule has 5 rings (SSSR count). The minimum Gasteiger partial charge on any atom is -0.339 e. The van der Waals surface area contributed by atoms with E-state index in [1.165, 1.54) is 17.1 Å². The van der Waals surface area contributed by atoms with Gasteiger partial charge in [0, 0.05) is 35.9 Å². The van der Waals surface area contributed by atoms with Crippen LogP contribution in [0.5, 0.6) is 0 Å². The fraction of sp³-hybridized carbons (Fsp3) is 0.276. The SMILES string of the molecule is Cc1ccccc1NC(=O)C1CCN(Cc2cc3ccccc3n2Cc2cccc(F)c2)CC1. The molecule has 0 atom stereocenters. The molecule has 5 heteroatoms. The first-order valence-corrected chi connectivity index (χ1v) is 12.0. The van der Waals surface area contributed by atoms with Crippen LogP contribution >= 0.6 is 0 Å². The molecule has 1 aromatic heterocycles. The van der Waals surface area contributed by atoms with Crippen molar-refractivity contribution in [2.24, 2.45) is 5.92 Å². The summed E-state index contributed by atoms with van der Waals surface area (Å²) in [5.41, 5.74) is 5.31. The van der Waals surface area contributed by atoms with Crippen LogP contribution in [0.25, 0.3) is 10.9 Å². The number of aromatic nitrogens is 1. The highest BCUT2D eigenvalue weighted by atomic mass is 19.1. The van der Waals surface area contributed by atoms with Crippen molar-refractivity contribution in [2.75, 3.05) is 18.4 Å². The third-order valence-electron chi connectivity index (χ3n) is 6.87. The van der Waals surface area contributed by atoms with Crippen molar-refractivity contribution >= 4 is 22.5 Å². The third kappa shape index (κ3) is 4.90. The van der Waals surface area contributed by atoms with Crippen LogP contribution in [0.15, 0.2) is 78.9 Å². The number of nitrogens with one attached hydrogen (secondary N) is 1. The molecule has 1 N–H and O–H groups in total. The van der Waals surface area contributed by atoms with Crippen LogP contribution in [0, 0.1) is 18.7 Å². The molecule has 0 spiro atoms. The van der Waals surface area contributed by atoms with E-state index in [4.69, 9.17) is 0 Å². The molecule has 34 heavy (non-hydrogen) atoms. The highest BCUT2D eigenvalue weighted by Gasteiger charge is 2.26. The molecule has 174 valence electrons. The lowest BCUT2D eigenvalue weighted by atomic mass is 9.95. The first kappa shape index (κ1) is 22.4. The Morgan fingerprint density at radius 1 is 0.941 bits per heavy atom. The number of halogens is 1. The van der Waals surface area contributed by atoms with E-state index in [0.717, 1.165) is 54.8 Å². The highest BCUT2D eigenvalue weighted by molar-refractivity contribution is 5.93. The number of carbonyl (C=O) groups excluding carboxylic acids is 1. The summed E-state index contributed by atoms with van der Waals surface area (Å²) in [6, 6.07) is 25.3. The summed E-state index contributed by atoms with van der Waals surface area (Å²) in [4.78, 5) is 15.2. The van der Waals surface area contributed by atoms with Crippen LogP contribution < -0.4 is 5.32 Å². The zero-order valence-electron chi connectivity index (χ0n) is 19.5. The van der Waals surface area contributed by atoms with Crippen LogP contribution in [0.1, 0.15) is 29.7 Å². The summed E-state index contributed by atoms with van der Waals surface area (Å²) in [5, 5.41) is 4.31. The third-order valence-corrected chi connectivity index (χ3v) is 6.87. The van der Waals surface area contributed by atoms with Gasteiger partial charge in [-0.3, -0.25) is 9.69 Å². The minimum atomic E-state index is -0.207. The molecule has 2 heterocycles. The van der Waals surface area contributed by atoms with Crippen molar-refractivity contribution in [3.05, 3.63) is 102 Å². The average Bonchev–Trinajstić information content (AvgIpc) is 3.18. The second-order valence-corrected chi connectivity index (χ2v) is 9.27. The molecule has 0 radical (unpaired) electrons. The van der Waals surface area contributed by atoms with E-state index in [1.54, 1.807) is 12.1 Å². The van der Waals surface area contributed by atoms with Crippen LogP contribution in [0.3, 0.4) is 0 Å². The number of nitrogens with zero attached hydrogens (tertiary/aromatic N) is 2. The van der Waals surface area contributed by atoms with Crippen LogP contribution in [0.2, 0.25) is 0 Å². The summed E-state index contributed by atoms with van der Waals surface area (Å²) in [6.45, 7) is 5.23. The van der Waals surface area contributed by atoms with Crippen LogP contribution in [-0.4, -0.2) is 28.5 Å². The molecule has 4 aromatic rings. The van der Waals surface area contributed by atoms with Crippen molar-refractivity contribution in [3.8, 4) is 0 Å². The summed E-state index contributed by atoms with van der Waals surface area (Å²) < 4.78 is 16.1. The van der Waals surface area contributed by atoms with Gasteiger partial charge >= 0.3 is 0 Å². The number of hydrogen-bond donors (Lipinski definition) is 1. The maximum absolute atomic E-state index is 13.8.